The minimum atomic E-state index is -1.13. The molecule has 1 amide bonds. The number of ether oxygens (including phenoxy) is 8. The molecule has 10 heterocycles. The van der Waals surface area contributed by atoms with Crippen LogP contribution < -0.4 is 34.9 Å². The molecule has 0 saturated carbocycles. The first-order valence-electron chi connectivity index (χ1n) is 26.9. The van der Waals surface area contributed by atoms with Crippen LogP contribution in [-0.4, -0.2) is 157 Å². The molecule has 4 N–H and O–H groups in total. The molecule has 420 valence electrons. The number of carbonyl (C=O) groups is 2. The van der Waals surface area contributed by atoms with Gasteiger partial charge >= 0.3 is 5.97 Å². The van der Waals surface area contributed by atoms with Gasteiger partial charge in [-0.3, -0.25) is 4.79 Å². The molecule has 4 aromatic heterocycles. The number of carboxylic acid groups (broad SMARTS) is 1. The number of aromatic nitrogens is 6. The number of rotatable bonds is 14. The van der Waals surface area contributed by atoms with Gasteiger partial charge in [0.1, 0.15) is 82.9 Å². The Morgan fingerprint density at radius 3 is 1.51 bits per heavy atom. The lowest BCUT2D eigenvalue weighted by Crippen LogP contribution is -2.30. The van der Waals surface area contributed by atoms with E-state index in [0.717, 1.165) is 61.9 Å². The number of carbonyl (C=O) groups excluding carboxylic acids is 1. The summed E-state index contributed by atoms with van der Waals surface area (Å²) in [5, 5.41) is 38.1. The molecule has 0 bridgehead atoms. The zero-order chi connectivity index (χ0) is 56.1. The zero-order valence-corrected chi connectivity index (χ0v) is 44.9. The molecule has 2 aromatic carbocycles. The van der Waals surface area contributed by atoms with Crippen molar-refractivity contribution < 1.29 is 52.6 Å². The number of anilines is 4. The molecule has 23 nitrogen and oxygen atoms in total. The van der Waals surface area contributed by atoms with Gasteiger partial charge in [0.15, 0.2) is 0 Å². The summed E-state index contributed by atoms with van der Waals surface area (Å²) in [5.74, 6) is 4.37. The van der Waals surface area contributed by atoms with Crippen LogP contribution >= 0.6 is 0 Å². The van der Waals surface area contributed by atoms with Crippen LogP contribution in [0.15, 0.2) is 85.5 Å². The maximum absolute atomic E-state index is 13.2. The van der Waals surface area contributed by atoms with Crippen molar-refractivity contribution in [3.05, 3.63) is 108 Å². The first-order valence-corrected chi connectivity index (χ1v) is 26.9. The van der Waals surface area contributed by atoms with Crippen molar-refractivity contribution in [2.45, 2.75) is 37.9 Å². The Bertz CT molecular complexity index is 3240. The topological polar surface area (TPSA) is 292 Å². The molecular formula is C58H62N12O11. The van der Waals surface area contributed by atoms with E-state index in [9.17, 15) is 25.2 Å². The van der Waals surface area contributed by atoms with Crippen molar-refractivity contribution in [1.82, 2.24) is 40.1 Å². The van der Waals surface area contributed by atoms with E-state index in [1.807, 2.05) is 17.0 Å². The molecule has 6 aromatic rings. The van der Waals surface area contributed by atoms with Gasteiger partial charge in [-0.1, -0.05) is 0 Å². The van der Waals surface area contributed by atoms with Gasteiger partial charge in [-0.25, -0.2) is 24.7 Å². The third kappa shape index (κ3) is 13.9. The fourth-order valence-electron chi connectivity index (χ4n) is 10.4. The van der Waals surface area contributed by atoms with Crippen LogP contribution in [0, 0.1) is 46.3 Å². The van der Waals surface area contributed by atoms with Crippen LogP contribution in [0.5, 0.6) is 23.3 Å². The lowest BCUT2D eigenvalue weighted by Gasteiger charge is -2.23. The number of benzene rings is 2. The summed E-state index contributed by atoms with van der Waals surface area (Å²) in [6.45, 7) is 9.79. The molecular weight excluding hydrogens is 1040 g/mol. The highest BCUT2D eigenvalue weighted by Gasteiger charge is 2.40. The highest BCUT2D eigenvalue weighted by Crippen LogP contribution is 2.34. The van der Waals surface area contributed by atoms with Gasteiger partial charge in [-0.2, -0.15) is 20.5 Å². The Morgan fingerprint density at radius 2 is 1.05 bits per heavy atom. The fourth-order valence-corrected chi connectivity index (χ4v) is 10.4. The Morgan fingerprint density at radius 1 is 0.593 bits per heavy atom. The molecule has 0 aliphatic carbocycles. The summed E-state index contributed by atoms with van der Waals surface area (Å²) in [6.07, 6.45) is 6.09. The highest BCUT2D eigenvalue weighted by molar-refractivity contribution is 5.97. The van der Waals surface area contributed by atoms with E-state index in [-0.39, 0.29) is 35.4 Å². The number of carboxylic acids is 1. The summed E-state index contributed by atoms with van der Waals surface area (Å²) in [7, 11) is 2.85. The number of hydrogen-bond acceptors (Lipinski definition) is 21. The van der Waals surface area contributed by atoms with Gasteiger partial charge in [0.2, 0.25) is 11.8 Å². The van der Waals surface area contributed by atoms with Crippen LogP contribution in [0.3, 0.4) is 0 Å². The SMILES string of the molecule is C1NCC2COCC12.COc1nc(Nc2cc(-c3ccc(OC4CCOCC4)c(C#N)c3)ncn2)ccc1C(=O)N1CC2COCC2C1.COc1nc(Nc2cc(-c3ccc(OC4CCOCC4)c(C#N)c3)ncn2)ccc1C(=O)O. The van der Waals surface area contributed by atoms with E-state index in [1.54, 1.807) is 48.5 Å². The molecule has 0 radical (unpaired) electrons. The minimum Gasteiger partial charge on any atom is -0.489 e. The van der Waals surface area contributed by atoms with Crippen LogP contribution in [0.2, 0.25) is 0 Å². The van der Waals surface area contributed by atoms with Crippen molar-refractivity contribution in [3.63, 3.8) is 0 Å². The van der Waals surface area contributed by atoms with E-state index in [0.29, 0.717) is 127 Å². The molecule has 6 aliphatic rings. The summed E-state index contributed by atoms with van der Waals surface area (Å²) < 4.78 is 44.2. The first-order chi connectivity index (χ1) is 39.6. The monoisotopic (exact) mass is 1100 g/mol. The number of nitriles is 2. The molecule has 4 atom stereocenters. The van der Waals surface area contributed by atoms with Gasteiger partial charge in [-0.15, -0.1) is 0 Å². The molecule has 6 saturated heterocycles. The normalized spacial score (nSPS) is 20.2. The Labute approximate surface area is 467 Å². The predicted octanol–water partition coefficient (Wildman–Crippen LogP) is 6.71. The summed E-state index contributed by atoms with van der Waals surface area (Å²) in [6, 6.07) is 25.0. The predicted molar refractivity (Wildman–Crippen MR) is 293 cm³/mol. The van der Waals surface area contributed by atoms with Crippen molar-refractivity contribution >= 4 is 35.1 Å². The number of likely N-dealkylation sites (tertiary alicyclic amines) is 1. The molecule has 4 unspecified atom stereocenters. The lowest BCUT2D eigenvalue weighted by molar-refractivity contribution is 0.0252. The number of fused-ring (bicyclic) bond motifs is 2. The van der Waals surface area contributed by atoms with Gasteiger partial charge in [0.25, 0.3) is 5.91 Å². The number of methoxy groups -OCH3 is 2. The van der Waals surface area contributed by atoms with Crippen LogP contribution in [-0.2, 0) is 18.9 Å². The number of pyridine rings is 2. The maximum Gasteiger partial charge on any atom is 0.341 e. The molecule has 6 fully saturated rings. The third-order valence-corrected chi connectivity index (χ3v) is 14.8. The van der Waals surface area contributed by atoms with Crippen molar-refractivity contribution in [1.29, 1.82) is 10.5 Å². The maximum atomic E-state index is 13.2. The molecule has 23 heteroatoms. The summed E-state index contributed by atoms with van der Waals surface area (Å²) >= 11 is 0. The number of nitrogens with zero attached hydrogens (tertiary/aromatic N) is 9. The Hall–Kier alpha value is -8.58. The van der Waals surface area contributed by atoms with Crippen molar-refractivity contribution in [2.24, 2.45) is 23.7 Å². The Balaban J connectivity index is 0.000000161. The zero-order valence-electron chi connectivity index (χ0n) is 44.9. The smallest absolute Gasteiger partial charge is 0.341 e. The minimum absolute atomic E-state index is 0.0134. The lowest BCUT2D eigenvalue weighted by atomic mass is 10.0. The summed E-state index contributed by atoms with van der Waals surface area (Å²) in [5.41, 5.74) is 3.95. The number of aromatic carboxylic acids is 1. The van der Waals surface area contributed by atoms with E-state index >= 15 is 0 Å². The Kier molecular flexibility index (Phi) is 18.3. The standard InChI is InChI=1S/C29H30N6O5.C23H21N5O5.C6H11NO/c1-37-28-23(29(36)35-13-20-15-39-16-21(20)14-35)3-5-26(34-28)33-27-11-24(31-17-32-27)18-2-4-25(19(10-18)12-30)40-22-6-8-38-9-7-22;1-31-22-17(23(29)30)3-5-20(28-22)27-21-11-18(25-13-26-21)14-2-4-19(15(10-14)12-24)33-16-6-8-32-9-7-16;1-5-3-8-4-6(5)2-7-1/h2-5,10-11,17,20-22H,6-9,13-16H2,1H3,(H,31,32,33,34);2-5,10-11,13,16H,6-9H2,1H3,(H,29,30)(H,25,26,27,28);5-7H,1-4H2. The van der Waals surface area contributed by atoms with E-state index in [4.69, 9.17) is 37.9 Å². The number of amides is 1. The quantitative estimate of drug-likeness (QED) is 0.0881. The first kappa shape index (κ1) is 55.7. The van der Waals surface area contributed by atoms with Gasteiger partial charge in [0, 0.05) is 98.8 Å². The van der Waals surface area contributed by atoms with Gasteiger partial charge in [-0.05, 0) is 60.7 Å². The molecule has 12 rings (SSSR count). The number of hydrogen-bond donors (Lipinski definition) is 4. The second-order valence-corrected chi connectivity index (χ2v) is 20.1. The second kappa shape index (κ2) is 26.6. The van der Waals surface area contributed by atoms with E-state index in [1.165, 1.54) is 52.1 Å². The molecule has 0 spiro atoms. The largest absolute Gasteiger partial charge is 0.489 e. The van der Waals surface area contributed by atoms with Gasteiger partial charge < -0.3 is 63.9 Å². The van der Waals surface area contributed by atoms with E-state index < -0.39 is 5.97 Å². The summed E-state index contributed by atoms with van der Waals surface area (Å²) in [4.78, 5) is 52.2. The van der Waals surface area contributed by atoms with E-state index in [2.05, 4.69) is 58.0 Å². The third-order valence-electron chi connectivity index (χ3n) is 14.8. The van der Waals surface area contributed by atoms with Crippen LogP contribution in [0.1, 0.15) is 57.5 Å². The second-order valence-electron chi connectivity index (χ2n) is 20.1. The van der Waals surface area contributed by atoms with Gasteiger partial charge in [0.05, 0.1) is 89.6 Å². The average Bonchev–Trinajstić information content (AvgIpc) is 4.36. The molecule has 81 heavy (non-hydrogen) atoms. The average molecular weight is 1100 g/mol. The number of nitrogens with one attached hydrogen (secondary N) is 3. The molecule has 6 aliphatic heterocycles. The van der Waals surface area contributed by atoms with Crippen molar-refractivity contribution in [3.8, 4) is 57.9 Å². The van der Waals surface area contributed by atoms with Crippen molar-refractivity contribution in [2.75, 3.05) is 104 Å². The van der Waals surface area contributed by atoms with Crippen LogP contribution in [0.25, 0.3) is 22.5 Å². The highest BCUT2D eigenvalue weighted by atomic mass is 16.5. The van der Waals surface area contributed by atoms with Crippen LogP contribution in [0.4, 0.5) is 23.3 Å². The fraction of sp³-hybridized carbons (Fsp3) is 0.414.